The fraction of sp³-hybridized carbons (Fsp3) is 0.364. The number of ether oxygens (including phenoxy) is 1. The zero-order valence-corrected chi connectivity index (χ0v) is 17.5. The molecule has 0 bridgehead atoms. The molecular formula is C22H22Cl2N2O3. The summed E-state index contributed by atoms with van der Waals surface area (Å²) in [6, 6.07) is 12.8. The Morgan fingerprint density at radius 3 is 2.69 bits per heavy atom. The largest absolute Gasteiger partial charge is 0.484 e. The van der Waals surface area contributed by atoms with Crippen LogP contribution in [0.5, 0.6) is 5.75 Å². The first-order valence-electron chi connectivity index (χ1n) is 9.80. The van der Waals surface area contributed by atoms with Gasteiger partial charge in [0.05, 0.1) is 16.1 Å². The maximum Gasteiger partial charge on any atom is 0.261 e. The van der Waals surface area contributed by atoms with E-state index in [4.69, 9.17) is 27.9 Å². The molecule has 2 saturated heterocycles. The predicted octanol–water partition coefficient (Wildman–Crippen LogP) is 4.86. The number of hydrogen-bond acceptors (Lipinski definition) is 3. The third-order valence-corrected chi connectivity index (χ3v) is 6.21. The Bertz CT molecular complexity index is 934. The molecule has 2 fully saturated rings. The highest BCUT2D eigenvalue weighted by Crippen LogP contribution is 2.35. The van der Waals surface area contributed by atoms with Crippen molar-refractivity contribution in [2.24, 2.45) is 0 Å². The standard InChI is InChI=1S/C22H22Cl2N2O3/c23-18-9-8-15(12-19(18)24)20-6-2-11-26(20)22(28)14-29-17-5-1-4-16(13-17)25-10-3-7-21(25)27/h1,4-5,8-9,12-13,20H,2-3,6-7,10-11,14H2. The van der Waals surface area contributed by atoms with Gasteiger partial charge in [-0.3, -0.25) is 9.59 Å². The lowest BCUT2D eigenvalue weighted by atomic mass is 10.0. The summed E-state index contributed by atoms with van der Waals surface area (Å²) in [4.78, 5) is 28.4. The van der Waals surface area contributed by atoms with Gasteiger partial charge in [0.25, 0.3) is 5.91 Å². The molecule has 5 nitrogen and oxygen atoms in total. The lowest BCUT2D eigenvalue weighted by Gasteiger charge is -2.25. The molecule has 152 valence electrons. The molecule has 0 radical (unpaired) electrons. The Hall–Kier alpha value is -2.24. The lowest BCUT2D eigenvalue weighted by molar-refractivity contribution is -0.134. The van der Waals surface area contributed by atoms with Crippen molar-refractivity contribution in [2.75, 3.05) is 24.6 Å². The van der Waals surface area contributed by atoms with Crippen LogP contribution in [-0.2, 0) is 9.59 Å². The van der Waals surface area contributed by atoms with Gasteiger partial charge in [-0.05, 0) is 49.1 Å². The van der Waals surface area contributed by atoms with Crippen LogP contribution in [0.3, 0.4) is 0 Å². The Kier molecular flexibility index (Phi) is 5.97. The van der Waals surface area contributed by atoms with Crippen molar-refractivity contribution in [3.8, 4) is 5.75 Å². The molecule has 2 amide bonds. The third kappa shape index (κ3) is 4.36. The molecule has 1 atom stereocenters. The summed E-state index contributed by atoms with van der Waals surface area (Å²) in [7, 11) is 0. The Balaban J connectivity index is 1.41. The molecule has 2 aromatic carbocycles. The number of carbonyl (C=O) groups excluding carboxylic acids is 2. The number of halogens is 2. The summed E-state index contributed by atoms with van der Waals surface area (Å²) < 4.78 is 5.77. The molecule has 0 aliphatic carbocycles. The highest BCUT2D eigenvalue weighted by atomic mass is 35.5. The van der Waals surface area contributed by atoms with E-state index in [0.717, 1.165) is 37.1 Å². The number of likely N-dealkylation sites (tertiary alicyclic amines) is 1. The van der Waals surface area contributed by atoms with Crippen molar-refractivity contribution in [1.82, 2.24) is 4.90 Å². The normalized spacial score (nSPS) is 19.1. The maximum atomic E-state index is 12.8. The van der Waals surface area contributed by atoms with Gasteiger partial charge in [-0.25, -0.2) is 0 Å². The van der Waals surface area contributed by atoms with Gasteiger partial charge in [0.15, 0.2) is 6.61 Å². The Labute approximate surface area is 180 Å². The summed E-state index contributed by atoms with van der Waals surface area (Å²) in [5, 5.41) is 0.999. The molecule has 4 rings (SSSR count). The predicted molar refractivity (Wildman–Crippen MR) is 114 cm³/mol. The van der Waals surface area contributed by atoms with Crippen LogP contribution in [0.1, 0.15) is 37.3 Å². The van der Waals surface area contributed by atoms with E-state index in [2.05, 4.69) is 0 Å². The number of anilines is 1. The Morgan fingerprint density at radius 1 is 1.07 bits per heavy atom. The van der Waals surface area contributed by atoms with Crippen molar-refractivity contribution < 1.29 is 14.3 Å². The van der Waals surface area contributed by atoms with Gasteiger partial charge in [0.2, 0.25) is 5.91 Å². The average molecular weight is 433 g/mol. The van der Waals surface area contributed by atoms with E-state index < -0.39 is 0 Å². The summed E-state index contributed by atoms with van der Waals surface area (Å²) in [5.41, 5.74) is 1.80. The number of nitrogens with zero attached hydrogens (tertiary/aromatic N) is 2. The molecular weight excluding hydrogens is 411 g/mol. The fourth-order valence-electron chi connectivity index (χ4n) is 4.02. The maximum absolute atomic E-state index is 12.8. The molecule has 2 aliphatic heterocycles. The molecule has 1 unspecified atom stereocenters. The van der Waals surface area contributed by atoms with E-state index in [1.165, 1.54) is 0 Å². The number of hydrogen-bond donors (Lipinski definition) is 0. The molecule has 2 aliphatic rings. The first-order valence-corrected chi connectivity index (χ1v) is 10.6. The molecule has 7 heteroatoms. The monoisotopic (exact) mass is 432 g/mol. The van der Waals surface area contributed by atoms with Crippen molar-refractivity contribution in [1.29, 1.82) is 0 Å². The van der Waals surface area contributed by atoms with Crippen molar-refractivity contribution in [2.45, 2.75) is 31.7 Å². The van der Waals surface area contributed by atoms with Crippen LogP contribution < -0.4 is 9.64 Å². The van der Waals surface area contributed by atoms with Crippen LogP contribution in [-0.4, -0.2) is 36.4 Å². The summed E-state index contributed by atoms with van der Waals surface area (Å²) in [5.74, 6) is 0.641. The minimum absolute atomic E-state index is 0.0191. The highest BCUT2D eigenvalue weighted by Gasteiger charge is 2.30. The third-order valence-electron chi connectivity index (χ3n) is 5.47. The van der Waals surface area contributed by atoms with E-state index in [9.17, 15) is 9.59 Å². The van der Waals surface area contributed by atoms with Crippen LogP contribution in [0, 0.1) is 0 Å². The van der Waals surface area contributed by atoms with Gasteiger partial charge >= 0.3 is 0 Å². The lowest BCUT2D eigenvalue weighted by Crippen LogP contribution is -2.34. The minimum Gasteiger partial charge on any atom is -0.484 e. The van der Waals surface area contributed by atoms with E-state index in [1.54, 1.807) is 17.0 Å². The second-order valence-electron chi connectivity index (χ2n) is 7.35. The molecule has 2 heterocycles. The number of amides is 2. The zero-order valence-electron chi connectivity index (χ0n) is 15.9. The topological polar surface area (TPSA) is 49.9 Å². The molecule has 29 heavy (non-hydrogen) atoms. The van der Waals surface area contributed by atoms with E-state index in [0.29, 0.717) is 28.8 Å². The molecule has 2 aromatic rings. The van der Waals surface area contributed by atoms with Crippen molar-refractivity contribution >= 4 is 40.7 Å². The van der Waals surface area contributed by atoms with Crippen LogP contribution in [0.4, 0.5) is 5.69 Å². The first-order chi connectivity index (χ1) is 14.0. The van der Waals surface area contributed by atoms with Gasteiger partial charge in [-0.15, -0.1) is 0 Å². The summed E-state index contributed by atoms with van der Waals surface area (Å²) in [6.45, 7) is 1.37. The molecule has 0 aromatic heterocycles. The van der Waals surface area contributed by atoms with E-state index in [1.807, 2.05) is 35.2 Å². The van der Waals surface area contributed by atoms with E-state index in [-0.39, 0.29) is 24.5 Å². The second kappa shape index (κ2) is 8.64. The number of benzene rings is 2. The van der Waals surface area contributed by atoms with Crippen LogP contribution in [0.2, 0.25) is 10.0 Å². The van der Waals surface area contributed by atoms with Crippen LogP contribution in [0.15, 0.2) is 42.5 Å². The summed E-state index contributed by atoms with van der Waals surface area (Å²) in [6.07, 6.45) is 3.27. The van der Waals surface area contributed by atoms with Gasteiger partial charge in [0.1, 0.15) is 5.75 Å². The Morgan fingerprint density at radius 2 is 1.93 bits per heavy atom. The van der Waals surface area contributed by atoms with Gasteiger partial charge < -0.3 is 14.5 Å². The average Bonchev–Trinajstić information content (AvgIpc) is 3.37. The van der Waals surface area contributed by atoms with Gasteiger partial charge in [-0.2, -0.15) is 0 Å². The SMILES string of the molecule is O=C1CCCN1c1cccc(OCC(=O)N2CCCC2c2ccc(Cl)c(Cl)c2)c1. The first kappa shape index (κ1) is 20.0. The van der Waals surface area contributed by atoms with Gasteiger partial charge in [-0.1, -0.05) is 35.3 Å². The fourth-order valence-corrected chi connectivity index (χ4v) is 4.33. The molecule has 0 spiro atoms. The number of rotatable bonds is 5. The smallest absolute Gasteiger partial charge is 0.261 e. The second-order valence-corrected chi connectivity index (χ2v) is 8.17. The minimum atomic E-state index is -0.0683. The highest BCUT2D eigenvalue weighted by molar-refractivity contribution is 6.42. The van der Waals surface area contributed by atoms with Crippen molar-refractivity contribution in [3.05, 3.63) is 58.1 Å². The van der Waals surface area contributed by atoms with Gasteiger partial charge in [0, 0.05) is 31.3 Å². The van der Waals surface area contributed by atoms with Crippen LogP contribution in [0.25, 0.3) is 0 Å². The zero-order chi connectivity index (χ0) is 20.4. The molecule has 0 saturated carbocycles. The molecule has 0 N–H and O–H groups in total. The number of carbonyl (C=O) groups is 2. The van der Waals surface area contributed by atoms with Crippen molar-refractivity contribution in [3.63, 3.8) is 0 Å². The quantitative estimate of drug-likeness (QED) is 0.677. The summed E-state index contributed by atoms with van der Waals surface area (Å²) >= 11 is 12.2. The van der Waals surface area contributed by atoms with Crippen LogP contribution >= 0.6 is 23.2 Å². The van der Waals surface area contributed by atoms with E-state index >= 15 is 0 Å².